The molecule has 0 atom stereocenters. The second-order valence-electron chi connectivity index (χ2n) is 3.45. The molecule has 0 saturated heterocycles. The van der Waals surface area contributed by atoms with Gasteiger partial charge in [-0.15, -0.1) is 11.3 Å². The van der Waals surface area contributed by atoms with Crippen molar-refractivity contribution in [3.8, 4) is 16.9 Å². The van der Waals surface area contributed by atoms with Crippen molar-refractivity contribution >= 4 is 22.2 Å². The lowest BCUT2D eigenvalue weighted by Crippen LogP contribution is -2.13. The summed E-state index contributed by atoms with van der Waals surface area (Å²) in [6.07, 6.45) is 0. The average Bonchev–Trinajstić information content (AvgIpc) is 2.71. The molecule has 0 bridgehead atoms. The Bertz CT molecular complexity index is 563. The van der Waals surface area contributed by atoms with Crippen molar-refractivity contribution in [2.75, 3.05) is 12.8 Å². The number of benzene rings is 1. The van der Waals surface area contributed by atoms with Crippen LogP contribution in [-0.4, -0.2) is 13.0 Å². The van der Waals surface area contributed by atoms with Crippen molar-refractivity contribution in [1.82, 2.24) is 0 Å². The molecule has 2 aromatic rings. The molecular weight excluding hydrogens is 236 g/mol. The minimum Gasteiger partial charge on any atom is -0.496 e. The summed E-state index contributed by atoms with van der Waals surface area (Å²) in [7, 11) is 1.58. The molecule has 4 nitrogen and oxygen atoms in total. The summed E-state index contributed by atoms with van der Waals surface area (Å²) in [6, 6.07) is 7.43. The smallest absolute Gasteiger partial charge is 0.252 e. The molecule has 0 aliphatic heterocycles. The molecule has 1 heterocycles. The Hall–Kier alpha value is -2.01. The van der Waals surface area contributed by atoms with Crippen LogP contribution in [0.25, 0.3) is 11.1 Å². The number of primary amides is 1. The fraction of sp³-hybridized carbons (Fsp3) is 0.0833. The molecule has 2 rings (SSSR count). The van der Waals surface area contributed by atoms with Crippen molar-refractivity contribution in [2.24, 2.45) is 5.73 Å². The van der Waals surface area contributed by atoms with E-state index in [1.807, 2.05) is 29.6 Å². The van der Waals surface area contributed by atoms with Crippen molar-refractivity contribution < 1.29 is 9.53 Å². The molecular formula is C12H12N2O2S. The minimum atomic E-state index is -0.523. The van der Waals surface area contributed by atoms with Crippen LogP contribution in [-0.2, 0) is 0 Å². The van der Waals surface area contributed by atoms with Gasteiger partial charge in [0.25, 0.3) is 5.91 Å². The summed E-state index contributed by atoms with van der Waals surface area (Å²) in [4.78, 5) is 11.4. The van der Waals surface area contributed by atoms with Crippen LogP contribution in [0.5, 0.6) is 5.75 Å². The SMILES string of the molecule is COc1ccccc1-c1csc(N)c1C(N)=O. The third-order valence-electron chi connectivity index (χ3n) is 2.46. The number of thiophene rings is 1. The quantitative estimate of drug-likeness (QED) is 0.873. The Morgan fingerprint density at radius 1 is 1.29 bits per heavy atom. The molecule has 0 unspecified atom stereocenters. The Kier molecular flexibility index (Phi) is 3.01. The predicted molar refractivity (Wildman–Crippen MR) is 69.2 cm³/mol. The number of anilines is 1. The van der Waals surface area contributed by atoms with Gasteiger partial charge in [-0.3, -0.25) is 4.79 Å². The van der Waals surface area contributed by atoms with E-state index in [0.717, 1.165) is 11.1 Å². The lowest BCUT2D eigenvalue weighted by molar-refractivity contribution is 0.100. The number of hydrogen-bond donors (Lipinski definition) is 2. The van der Waals surface area contributed by atoms with Gasteiger partial charge >= 0.3 is 0 Å². The monoisotopic (exact) mass is 248 g/mol. The number of hydrogen-bond acceptors (Lipinski definition) is 4. The zero-order chi connectivity index (χ0) is 12.4. The maximum absolute atomic E-state index is 11.4. The van der Waals surface area contributed by atoms with Gasteiger partial charge in [0.1, 0.15) is 5.75 Å². The van der Waals surface area contributed by atoms with Crippen molar-refractivity contribution in [2.45, 2.75) is 0 Å². The van der Waals surface area contributed by atoms with Gasteiger partial charge in [0, 0.05) is 16.5 Å². The summed E-state index contributed by atoms with van der Waals surface area (Å²) in [5.74, 6) is 0.164. The predicted octanol–water partition coefficient (Wildman–Crippen LogP) is 2.10. The van der Waals surface area contributed by atoms with E-state index in [0.29, 0.717) is 16.3 Å². The second-order valence-corrected chi connectivity index (χ2v) is 4.36. The fourth-order valence-corrected chi connectivity index (χ4v) is 2.51. The third kappa shape index (κ3) is 1.97. The number of ether oxygens (including phenoxy) is 1. The summed E-state index contributed by atoms with van der Waals surface area (Å²) in [5.41, 5.74) is 13.0. The highest BCUT2D eigenvalue weighted by molar-refractivity contribution is 7.15. The minimum absolute atomic E-state index is 0.361. The van der Waals surface area contributed by atoms with E-state index in [-0.39, 0.29) is 0 Å². The first-order chi connectivity index (χ1) is 8.15. The molecule has 0 fully saturated rings. The molecule has 0 aliphatic rings. The van der Waals surface area contributed by atoms with Gasteiger partial charge in [0.15, 0.2) is 0 Å². The number of para-hydroxylation sites is 1. The zero-order valence-electron chi connectivity index (χ0n) is 9.27. The lowest BCUT2D eigenvalue weighted by Gasteiger charge is -2.08. The van der Waals surface area contributed by atoms with Crippen LogP contribution >= 0.6 is 11.3 Å². The Morgan fingerprint density at radius 3 is 2.65 bits per heavy atom. The van der Waals surface area contributed by atoms with Crippen molar-refractivity contribution in [3.63, 3.8) is 0 Å². The van der Waals surface area contributed by atoms with E-state index in [2.05, 4.69) is 0 Å². The molecule has 0 spiro atoms. The third-order valence-corrected chi connectivity index (χ3v) is 3.27. The number of rotatable bonds is 3. The van der Waals surface area contributed by atoms with E-state index in [1.54, 1.807) is 7.11 Å². The van der Waals surface area contributed by atoms with Crippen molar-refractivity contribution in [1.29, 1.82) is 0 Å². The summed E-state index contributed by atoms with van der Waals surface area (Å²) in [5, 5.41) is 2.24. The Morgan fingerprint density at radius 2 is 2.00 bits per heavy atom. The van der Waals surface area contributed by atoms with E-state index in [9.17, 15) is 4.79 Å². The molecule has 5 heteroatoms. The highest BCUT2D eigenvalue weighted by Crippen LogP contribution is 2.37. The van der Waals surface area contributed by atoms with E-state index in [1.165, 1.54) is 11.3 Å². The van der Waals surface area contributed by atoms with Crippen LogP contribution in [0, 0.1) is 0 Å². The molecule has 1 amide bonds. The maximum Gasteiger partial charge on any atom is 0.252 e. The summed E-state index contributed by atoms with van der Waals surface area (Å²) >= 11 is 1.29. The molecule has 1 aromatic carbocycles. The molecule has 1 aromatic heterocycles. The van der Waals surface area contributed by atoms with E-state index >= 15 is 0 Å². The van der Waals surface area contributed by atoms with Crippen LogP contribution < -0.4 is 16.2 Å². The van der Waals surface area contributed by atoms with Gasteiger partial charge in [-0.1, -0.05) is 18.2 Å². The number of nitrogens with two attached hydrogens (primary N) is 2. The standard InChI is InChI=1S/C12H12N2O2S/c1-16-9-5-3-2-4-7(9)8-6-17-12(14)10(8)11(13)15/h2-6H,14H2,1H3,(H2,13,15). The fourth-order valence-electron chi connectivity index (χ4n) is 1.69. The zero-order valence-corrected chi connectivity index (χ0v) is 10.1. The maximum atomic E-state index is 11.4. The van der Waals surface area contributed by atoms with E-state index < -0.39 is 5.91 Å². The number of carbonyl (C=O) groups excluding carboxylic acids is 1. The Labute approximate surface area is 103 Å². The van der Waals surface area contributed by atoms with Crippen molar-refractivity contribution in [3.05, 3.63) is 35.2 Å². The first-order valence-corrected chi connectivity index (χ1v) is 5.83. The topological polar surface area (TPSA) is 78.3 Å². The second kappa shape index (κ2) is 4.47. The summed E-state index contributed by atoms with van der Waals surface area (Å²) in [6.45, 7) is 0. The molecule has 4 N–H and O–H groups in total. The highest BCUT2D eigenvalue weighted by atomic mass is 32.1. The van der Waals surface area contributed by atoms with Gasteiger partial charge in [-0.05, 0) is 6.07 Å². The summed E-state index contributed by atoms with van der Waals surface area (Å²) < 4.78 is 5.26. The molecule has 0 aliphatic carbocycles. The first-order valence-electron chi connectivity index (χ1n) is 4.95. The van der Waals surface area contributed by atoms with Crippen LogP contribution in [0.3, 0.4) is 0 Å². The first kappa shape index (κ1) is 11.5. The Balaban J connectivity index is 2.65. The normalized spacial score (nSPS) is 10.2. The molecule has 17 heavy (non-hydrogen) atoms. The van der Waals surface area contributed by atoms with E-state index in [4.69, 9.17) is 16.2 Å². The number of carbonyl (C=O) groups is 1. The lowest BCUT2D eigenvalue weighted by atomic mass is 10.0. The largest absolute Gasteiger partial charge is 0.496 e. The van der Waals surface area contributed by atoms with Gasteiger partial charge in [-0.2, -0.15) is 0 Å². The molecule has 0 saturated carbocycles. The van der Waals surface area contributed by atoms with Gasteiger partial charge < -0.3 is 16.2 Å². The number of amides is 1. The van der Waals surface area contributed by atoms with Gasteiger partial charge in [0.05, 0.1) is 17.7 Å². The average molecular weight is 248 g/mol. The van der Waals surface area contributed by atoms with Gasteiger partial charge in [-0.25, -0.2) is 0 Å². The van der Waals surface area contributed by atoms with Crippen LogP contribution in [0.4, 0.5) is 5.00 Å². The van der Waals surface area contributed by atoms with Gasteiger partial charge in [0.2, 0.25) is 0 Å². The van der Waals surface area contributed by atoms with Crippen LogP contribution in [0.2, 0.25) is 0 Å². The van der Waals surface area contributed by atoms with Crippen LogP contribution in [0.1, 0.15) is 10.4 Å². The molecule has 0 radical (unpaired) electrons. The highest BCUT2D eigenvalue weighted by Gasteiger charge is 2.18. The molecule has 88 valence electrons. The number of nitrogen functional groups attached to an aromatic ring is 1. The van der Waals surface area contributed by atoms with Crippen LogP contribution in [0.15, 0.2) is 29.6 Å². The number of methoxy groups -OCH3 is 1.